The van der Waals surface area contributed by atoms with Crippen LogP contribution in [0.1, 0.15) is 11.4 Å². The molecule has 0 aliphatic rings. The maximum Gasteiger partial charge on any atom is 0.330 e. The summed E-state index contributed by atoms with van der Waals surface area (Å²) in [7, 11) is 0. The summed E-state index contributed by atoms with van der Waals surface area (Å²) < 4.78 is 5.05. The van der Waals surface area contributed by atoms with Gasteiger partial charge in [-0.3, -0.25) is 0 Å². The fourth-order valence-corrected chi connectivity index (χ4v) is 1.46. The van der Waals surface area contributed by atoms with Gasteiger partial charge in [-0.2, -0.15) is 0 Å². The van der Waals surface area contributed by atoms with Crippen LogP contribution in [-0.4, -0.2) is 22.5 Å². The summed E-state index contributed by atoms with van der Waals surface area (Å²) >= 11 is 0. The number of rotatable bonds is 5. The number of imidazole rings is 1. The van der Waals surface area contributed by atoms with Crippen molar-refractivity contribution in [1.82, 2.24) is 9.97 Å². The van der Waals surface area contributed by atoms with Gasteiger partial charge in [-0.05, 0) is 11.6 Å². The number of hydrogen-bond acceptors (Lipinski definition) is 3. The Bertz CT molecular complexity index is 504. The van der Waals surface area contributed by atoms with E-state index in [1.54, 1.807) is 18.5 Å². The zero-order valence-electron chi connectivity index (χ0n) is 9.87. The molecule has 2 aromatic rings. The Morgan fingerprint density at radius 2 is 2.17 bits per heavy atom. The number of carbonyl (C=O) groups excluding carboxylic acids is 1. The molecule has 0 spiro atoms. The van der Waals surface area contributed by atoms with E-state index in [9.17, 15) is 4.79 Å². The molecule has 1 aromatic heterocycles. The molecule has 0 fully saturated rings. The van der Waals surface area contributed by atoms with Crippen molar-refractivity contribution >= 4 is 12.0 Å². The van der Waals surface area contributed by atoms with Crippen LogP contribution in [0, 0.1) is 0 Å². The van der Waals surface area contributed by atoms with E-state index in [4.69, 9.17) is 4.74 Å². The Hall–Kier alpha value is -2.36. The molecule has 0 bridgehead atoms. The van der Waals surface area contributed by atoms with Crippen molar-refractivity contribution in [2.24, 2.45) is 0 Å². The number of carbonyl (C=O) groups is 1. The summed E-state index contributed by atoms with van der Waals surface area (Å²) in [5, 5.41) is 0. The number of nitrogens with zero attached hydrogens (tertiary/aromatic N) is 1. The first kappa shape index (κ1) is 12.1. The summed E-state index contributed by atoms with van der Waals surface area (Å²) in [4.78, 5) is 18.4. The first-order valence-corrected chi connectivity index (χ1v) is 5.73. The van der Waals surface area contributed by atoms with E-state index < -0.39 is 0 Å². The molecule has 0 radical (unpaired) electrons. The molecule has 1 N–H and O–H groups in total. The van der Waals surface area contributed by atoms with Gasteiger partial charge in [-0.25, -0.2) is 9.78 Å². The molecule has 0 aliphatic heterocycles. The molecular formula is C14H14N2O2. The molecule has 0 amide bonds. The van der Waals surface area contributed by atoms with Crippen molar-refractivity contribution in [3.8, 4) is 0 Å². The van der Waals surface area contributed by atoms with E-state index in [1.807, 2.05) is 30.3 Å². The molecule has 18 heavy (non-hydrogen) atoms. The van der Waals surface area contributed by atoms with Crippen LogP contribution in [0.25, 0.3) is 6.08 Å². The average molecular weight is 242 g/mol. The number of aromatic nitrogens is 2. The van der Waals surface area contributed by atoms with Crippen LogP contribution in [0.2, 0.25) is 0 Å². The maximum atomic E-state index is 11.4. The van der Waals surface area contributed by atoms with Gasteiger partial charge in [0.2, 0.25) is 0 Å². The average Bonchev–Trinajstić information content (AvgIpc) is 2.91. The van der Waals surface area contributed by atoms with E-state index in [2.05, 4.69) is 9.97 Å². The lowest BCUT2D eigenvalue weighted by molar-refractivity contribution is -0.137. The van der Waals surface area contributed by atoms with Gasteiger partial charge in [0, 0.05) is 24.9 Å². The zero-order valence-corrected chi connectivity index (χ0v) is 9.87. The minimum absolute atomic E-state index is 0.325. The first-order chi connectivity index (χ1) is 8.84. The highest BCUT2D eigenvalue weighted by Gasteiger charge is 1.99. The topological polar surface area (TPSA) is 55.0 Å². The molecule has 2 rings (SSSR count). The quantitative estimate of drug-likeness (QED) is 0.646. The minimum atomic E-state index is -0.342. The molecule has 0 saturated carbocycles. The van der Waals surface area contributed by atoms with Crippen LogP contribution >= 0.6 is 0 Å². The summed E-state index contributed by atoms with van der Waals surface area (Å²) in [5.74, 6) is 0.472. The molecule has 92 valence electrons. The lowest BCUT2D eigenvalue weighted by Gasteiger charge is -1.99. The fourth-order valence-electron chi connectivity index (χ4n) is 1.46. The highest BCUT2D eigenvalue weighted by molar-refractivity contribution is 5.86. The predicted octanol–water partition coefficient (Wildman–Crippen LogP) is 2.21. The lowest BCUT2D eigenvalue weighted by atomic mass is 10.2. The van der Waals surface area contributed by atoms with Crippen molar-refractivity contribution in [3.05, 3.63) is 60.2 Å². The number of benzene rings is 1. The molecule has 4 nitrogen and oxygen atoms in total. The number of esters is 1. The molecule has 0 aliphatic carbocycles. The van der Waals surface area contributed by atoms with Gasteiger partial charge in [-0.1, -0.05) is 30.3 Å². The largest absolute Gasteiger partial charge is 0.462 e. The minimum Gasteiger partial charge on any atom is -0.462 e. The van der Waals surface area contributed by atoms with Crippen molar-refractivity contribution < 1.29 is 9.53 Å². The summed E-state index contributed by atoms with van der Waals surface area (Å²) in [6.45, 7) is 0.325. The number of H-pyrrole nitrogens is 1. The monoisotopic (exact) mass is 242 g/mol. The third kappa shape index (κ3) is 3.90. The lowest BCUT2D eigenvalue weighted by Crippen LogP contribution is -2.05. The summed E-state index contributed by atoms with van der Waals surface area (Å²) in [5.41, 5.74) is 0.973. The molecular weight excluding hydrogens is 228 g/mol. The van der Waals surface area contributed by atoms with E-state index in [0.717, 1.165) is 11.4 Å². The number of nitrogens with one attached hydrogen (secondary N) is 1. The Balaban J connectivity index is 1.74. The van der Waals surface area contributed by atoms with E-state index in [0.29, 0.717) is 13.0 Å². The smallest absolute Gasteiger partial charge is 0.330 e. The van der Waals surface area contributed by atoms with Crippen molar-refractivity contribution in [1.29, 1.82) is 0 Å². The van der Waals surface area contributed by atoms with Crippen molar-refractivity contribution in [2.45, 2.75) is 6.42 Å². The van der Waals surface area contributed by atoms with Gasteiger partial charge < -0.3 is 9.72 Å². The highest BCUT2D eigenvalue weighted by Crippen LogP contribution is 2.01. The SMILES string of the molecule is O=C(C=Cc1ccccc1)OCCc1ncc[nH]1. The van der Waals surface area contributed by atoms with Crippen LogP contribution in [0.3, 0.4) is 0 Å². The first-order valence-electron chi connectivity index (χ1n) is 5.73. The van der Waals surface area contributed by atoms with E-state index in [-0.39, 0.29) is 5.97 Å². The third-order valence-electron chi connectivity index (χ3n) is 2.35. The van der Waals surface area contributed by atoms with Gasteiger partial charge in [0.25, 0.3) is 0 Å². The number of hydrogen-bond donors (Lipinski definition) is 1. The van der Waals surface area contributed by atoms with Crippen molar-refractivity contribution in [2.75, 3.05) is 6.61 Å². The Morgan fingerprint density at radius 1 is 1.33 bits per heavy atom. The maximum absolute atomic E-state index is 11.4. The van der Waals surface area contributed by atoms with Crippen molar-refractivity contribution in [3.63, 3.8) is 0 Å². The number of aromatic amines is 1. The molecule has 1 heterocycles. The zero-order chi connectivity index (χ0) is 12.6. The standard InChI is InChI=1S/C14H14N2O2/c17-14(7-6-12-4-2-1-3-5-12)18-11-8-13-15-9-10-16-13/h1-7,9-10H,8,11H2,(H,15,16). The second-order valence-corrected chi connectivity index (χ2v) is 3.70. The van der Waals surface area contributed by atoms with Gasteiger partial charge in [0.15, 0.2) is 0 Å². The van der Waals surface area contributed by atoms with E-state index >= 15 is 0 Å². The van der Waals surface area contributed by atoms with Gasteiger partial charge in [0.1, 0.15) is 5.82 Å². The number of ether oxygens (including phenoxy) is 1. The van der Waals surface area contributed by atoms with E-state index in [1.165, 1.54) is 6.08 Å². The molecule has 0 saturated heterocycles. The van der Waals surface area contributed by atoms with Crippen LogP contribution in [0.5, 0.6) is 0 Å². The van der Waals surface area contributed by atoms with Crippen LogP contribution in [0.15, 0.2) is 48.8 Å². The molecule has 0 atom stereocenters. The normalized spacial score (nSPS) is 10.7. The summed E-state index contributed by atoms with van der Waals surface area (Å²) in [6.07, 6.45) is 7.17. The highest BCUT2D eigenvalue weighted by atomic mass is 16.5. The van der Waals surface area contributed by atoms with Gasteiger partial charge in [0.05, 0.1) is 6.61 Å². The second kappa shape index (κ2) is 6.39. The van der Waals surface area contributed by atoms with Gasteiger partial charge in [-0.15, -0.1) is 0 Å². The predicted molar refractivity (Wildman–Crippen MR) is 68.7 cm³/mol. The third-order valence-corrected chi connectivity index (χ3v) is 2.35. The van der Waals surface area contributed by atoms with Crippen LogP contribution < -0.4 is 0 Å². The fraction of sp³-hybridized carbons (Fsp3) is 0.143. The second-order valence-electron chi connectivity index (χ2n) is 3.70. The van der Waals surface area contributed by atoms with Crippen LogP contribution in [0.4, 0.5) is 0 Å². The molecule has 4 heteroatoms. The molecule has 1 aromatic carbocycles. The summed E-state index contributed by atoms with van der Waals surface area (Å²) in [6, 6.07) is 9.61. The Kier molecular flexibility index (Phi) is 4.30. The van der Waals surface area contributed by atoms with Gasteiger partial charge >= 0.3 is 5.97 Å². The Morgan fingerprint density at radius 3 is 2.89 bits per heavy atom. The van der Waals surface area contributed by atoms with Crippen LogP contribution in [-0.2, 0) is 16.0 Å². The Labute approximate surface area is 105 Å². The molecule has 0 unspecified atom stereocenters.